The van der Waals surface area contributed by atoms with Crippen LogP contribution in [0.1, 0.15) is 59.6 Å². The molecule has 0 radical (unpaired) electrons. The first-order valence-corrected chi connectivity index (χ1v) is 7.68. The van der Waals surface area contributed by atoms with Crippen LogP contribution in [-0.4, -0.2) is 20.4 Å². The molecule has 0 aromatic carbocycles. The summed E-state index contributed by atoms with van der Waals surface area (Å²) in [6, 6.07) is 0. The number of aromatic nitrogens is 4. The van der Waals surface area contributed by atoms with Crippen molar-refractivity contribution in [3.05, 3.63) is 48.6 Å². The highest BCUT2D eigenvalue weighted by Crippen LogP contribution is 1.84. The van der Waals surface area contributed by atoms with E-state index < -0.39 is 0 Å². The van der Waals surface area contributed by atoms with E-state index in [4.69, 9.17) is 0 Å². The maximum absolute atomic E-state index is 3.70. The monoisotopic (exact) mass is 296 g/mol. The van der Waals surface area contributed by atoms with Crippen molar-refractivity contribution >= 4 is 0 Å². The molecule has 2 N–H and O–H groups in total. The highest BCUT2D eigenvalue weighted by molar-refractivity contribution is 4.97. The Labute approximate surface area is 132 Å². The zero-order valence-corrected chi connectivity index (χ0v) is 15.5. The van der Waals surface area contributed by atoms with Gasteiger partial charge in [0.2, 0.25) is 0 Å². The molecule has 2 rings (SSSR count). The Balaban J connectivity index is -0.0000000909. The minimum atomic E-state index is 1.18. The number of rotatable bonds is 0. The quantitative estimate of drug-likeness (QED) is 0.612. The van der Waals surface area contributed by atoms with Gasteiger partial charge >= 0.3 is 0 Å². The molecule has 0 saturated heterocycles. The summed E-state index contributed by atoms with van der Waals surface area (Å²) in [5, 5.41) is 12.8. The number of H-pyrrole nitrogens is 2. The number of aryl methyl sites for hydroxylation is 2. The van der Waals surface area contributed by atoms with Crippen LogP contribution in [-0.2, 0) is 0 Å². The minimum absolute atomic E-state index is 1.18. The molecule has 0 aliphatic rings. The maximum atomic E-state index is 3.70. The third-order valence-electron chi connectivity index (χ3n) is 1.27. The summed E-state index contributed by atoms with van der Waals surface area (Å²) >= 11 is 0. The van der Waals surface area contributed by atoms with Gasteiger partial charge in [-0.15, -0.1) is 6.58 Å². The second-order valence-corrected chi connectivity index (χ2v) is 2.96. The number of aromatic amines is 2. The molecule has 0 bridgehead atoms. The van der Waals surface area contributed by atoms with E-state index in [0.29, 0.717) is 0 Å². The maximum Gasteiger partial charge on any atom is 0.0516 e. The molecule has 0 fully saturated rings. The molecule has 0 spiro atoms. The first-order valence-electron chi connectivity index (χ1n) is 7.68. The lowest BCUT2D eigenvalue weighted by molar-refractivity contribution is 1.09. The summed E-state index contributed by atoms with van der Waals surface area (Å²) in [6.45, 7) is 21.2. The molecule has 0 unspecified atom stereocenters. The van der Waals surface area contributed by atoms with Crippen molar-refractivity contribution in [1.29, 1.82) is 0 Å². The normalized spacial score (nSPS) is 6.52. The van der Waals surface area contributed by atoms with Gasteiger partial charge in [-0.2, -0.15) is 10.2 Å². The number of hydrogen-bond acceptors (Lipinski definition) is 2. The average molecular weight is 297 g/mol. The van der Waals surface area contributed by atoms with Gasteiger partial charge in [0.25, 0.3) is 0 Å². The lowest BCUT2D eigenvalue weighted by Crippen LogP contribution is -1.53. The number of nitrogens with one attached hydrogen (secondary N) is 2. The zero-order chi connectivity index (χ0) is 17.5. The molecular formula is C17H36N4. The van der Waals surface area contributed by atoms with E-state index in [1.54, 1.807) is 18.5 Å². The fourth-order valence-electron chi connectivity index (χ4n) is 0.631. The predicted molar refractivity (Wildman–Crippen MR) is 96.6 cm³/mol. The van der Waals surface area contributed by atoms with E-state index in [2.05, 4.69) is 27.0 Å². The Kier molecular flexibility index (Phi) is 40.4. The summed E-state index contributed by atoms with van der Waals surface area (Å²) < 4.78 is 0. The van der Waals surface area contributed by atoms with Crippen molar-refractivity contribution in [1.82, 2.24) is 20.4 Å². The van der Waals surface area contributed by atoms with Crippen LogP contribution in [0.25, 0.3) is 0 Å². The van der Waals surface area contributed by atoms with Crippen LogP contribution in [0.5, 0.6) is 0 Å². The standard InChI is InChI=1S/2C4H6N2.C3H6.3C2H6/c2*1-4-2-5-6-3-4;1-3-2;3*1-2/h2*2-3H,1H3,(H,5,6);3H,1H2,2H3;3*1-2H3. The number of allylic oxidation sites excluding steroid dienone is 1. The van der Waals surface area contributed by atoms with Crippen molar-refractivity contribution in [3.63, 3.8) is 0 Å². The van der Waals surface area contributed by atoms with Gasteiger partial charge in [-0.05, 0) is 31.9 Å². The van der Waals surface area contributed by atoms with E-state index >= 15 is 0 Å². The molecule has 0 saturated carbocycles. The summed E-state index contributed by atoms with van der Waals surface area (Å²) in [6.07, 6.45) is 9.00. The van der Waals surface area contributed by atoms with Gasteiger partial charge in [-0.1, -0.05) is 47.6 Å². The third-order valence-corrected chi connectivity index (χ3v) is 1.27. The lowest BCUT2D eigenvalue weighted by Gasteiger charge is -1.62. The molecule has 21 heavy (non-hydrogen) atoms. The van der Waals surface area contributed by atoms with Crippen molar-refractivity contribution < 1.29 is 0 Å². The highest BCUT2D eigenvalue weighted by Gasteiger charge is 1.75. The van der Waals surface area contributed by atoms with Crippen LogP contribution < -0.4 is 0 Å². The molecule has 2 aromatic heterocycles. The molecule has 0 aliphatic carbocycles. The first-order chi connectivity index (χ1) is 10.2. The third kappa shape index (κ3) is 32.1. The smallest absolute Gasteiger partial charge is 0.0516 e. The van der Waals surface area contributed by atoms with Gasteiger partial charge in [-0.3, -0.25) is 10.2 Å². The van der Waals surface area contributed by atoms with Crippen LogP contribution in [0.15, 0.2) is 37.4 Å². The Morgan fingerprint density at radius 2 is 1.05 bits per heavy atom. The molecule has 0 atom stereocenters. The molecule has 0 aliphatic heterocycles. The fraction of sp³-hybridized carbons (Fsp3) is 0.529. The van der Waals surface area contributed by atoms with Crippen molar-refractivity contribution in [2.24, 2.45) is 0 Å². The van der Waals surface area contributed by atoms with Crippen LogP contribution >= 0.6 is 0 Å². The average Bonchev–Trinajstić information content (AvgIpc) is 3.20. The Morgan fingerprint density at radius 3 is 1.10 bits per heavy atom. The summed E-state index contributed by atoms with van der Waals surface area (Å²) in [5.41, 5.74) is 2.35. The van der Waals surface area contributed by atoms with Gasteiger partial charge in [0.1, 0.15) is 0 Å². The van der Waals surface area contributed by atoms with Crippen molar-refractivity contribution in [2.75, 3.05) is 0 Å². The molecule has 124 valence electrons. The summed E-state index contributed by atoms with van der Waals surface area (Å²) in [4.78, 5) is 0. The van der Waals surface area contributed by atoms with E-state index in [9.17, 15) is 0 Å². The Morgan fingerprint density at radius 1 is 0.810 bits per heavy atom. The topological polar surface area (TPSA) is 57.4 Å². The number of nitrogens with zero attached hydrogens (tertiary/aromatic N) is 2. The minimum Gasteiger partial charge on any atom is -0.285 e. The lowest BCUT2D eigenvalue weighted by atomic mass is 10.4. The molecule has 2 heterocycles. The van der Waals surface area contributed by atoms with Crippen molar-refractivity contribution in [2.45, 2.75) is 62.3 Å². The largest absolute Gasteiger partial charge is 0.285 e. The highest BCUT2D eigenvalue weighted by atomic mass is 15.1. The molecule has 0 amide bonds. The van der Waals surface area contributed by atoms with Crippen LogP contribution in [0, 0.1) is 13.8 Å². The summed E-state index contributed by atoms with van der Waals surface area (Å²) in [7, 11) is 0. The van der Waals surface area contributed by atoms with Crippen LogP contribution in [0.3, 0.4) is 0 Å². The van der Waals surface area contributed by atoms with E-state index in [1.807, 2.05) is 74.7 Å². The first kappa shape index (κ1) is 27.5. The molecule has 4 heteroatoms. The van der Waals surface area contributed by atoms with Gasteiger partial charge < -0.3 is 0 Å². The van der Waals surface area contributed by atoms with Crippen LogP contribution in [0.2, 0.25) is 0 Å². The van der Waals surface area contributed by atoms with Crippen molar-refractivity contribution in [3.8, 4) is 0 Å². The van der Waals surface area contributed by atoms with E-state index in [-0.39, 0.29) is 0 Å². The second kappa shape index (κ2) is 30.9. The van der Waals surface area contributed by atoms with Gasteiger partial charge in [0.05, 0.1) is 12.4 Å². The van der Waals surface area contributed by atoms with Gasteiger partial charge in [-0.25, -0.2) is 0 Å². The zero-order valence-electron chi connectivity index (χ0n) is 15.5. The Hall–Kier alpha value is -1.84. The van der Waals surface area contributed by atoms with Gasteiger partial charge in [0.15, 0.2) is 0 Å². The molecule has 2 aromatic rings. The predicted octanol–water partition coefficient (Wildman–Crippen LogP) is 5.71. The Bertz CT molecular complexity index is 291. The van der Waals surface area contributed by atoms with Crippen LogP contribution in [0.4, 0.5) is 0 Å². The van der Waals surface area contributed by atoms with Gasteiger partial charge in [0, 0.05) is 12.4 Å². The molecular weight excluding hydrogens is 260 g/mol. The SMILES string of the molecule is C=CC.CC.CC.CC.Cc1cn[nH]c1.Cc1cn[nH]c1. The van der Waals surface area contributed by atoms with E-state index in [1.165, 1.54) is 11.1 Å². The van der Waals surface area contributed by atoms with E-state index in [0.717, 1.165) is 0 Å². The number of hydrogen-bond donors (Lipinski definition) is 2. The summed E-state index contributed by atoms with van der Waals surface area (Å²) in [5.74, 6) is 0. The second-order valence-electron chi connectivity index (χ2n) is 2.96. The fourth-order valence-corrected chi connectivity index (χ4v) is 0.631. The molecule has 4 nitrogen and oxygen atoms in total.